The van der Waals surface area contributed by atoms with Crippen molar-refractivity contribution in [2.75, 3.05) is 14.2 Å². The quantitative estimate of drug-likeness (QED) is 0.189. The first-order valence-electron chi connectivity index (χ1n) is 15.9. The van der Waals surface area contributed by atoms with E-state index < -0.39 is 7.82 Å². The van der Waals surface area contributed by atoms with E-state index >= 15 is 0 Å². The lowest BCUT2D eigenvalue weighted by Crippen LogP contribution is -2.00. The zero-order valence-electron chi connectivity index (χ0n) is 26.6. The summed E-state index contributed by atoms with van der Waals surface area (Å²) in [6.45, 7) is 0. The summed E-state index contributed by atoms with van der Waals surface area (Å²) in [5.74, 6) is 2.13. The Bertz CT molecular complexity index is 2520. The number of hydrogen-bond donors (Lipinski definition) is 1. The molecule has 6 nitrogen and oxygen atoms in total. The summed E-state index contributed by atoms with van der Waals surface area (Å²) in [5.41, 5.74) is 4.46. The van der Waals surface area contributed by atoms with E-state index in [1.807, 2.05) is 109 Å². The average Bonchev–Trinajstić information content (AvgIpc) is 3.26. The fourth-order valence-corrected chi connectivity index (χ4v) is 7.94. The Labute approximate surface area is 282 Å². The molecule has 0 fully saturated rings. The number of benzene rings is 8. The van der Waals surface area contributed by atoms with Crippen LogP contribution in [0.3, 0.4) is 0 Å². The molecule has 0 saturated carbocycles. The third-order valence-electron chi connectivity index (χ3n) is 9.38. The van der Waals surface area contributed by atoms with Gasteiger partial charge in [0.1, 0.15) is 23.0 Å². The Morgan fingerprint density at radius 1 is 0.490 bits per heavy atom. The maximum absolute atomic E-state index is 14.1. The van der Waals surface area contributed by atoms with Gasteiger partial charge in [0.05, 0.1) is 14.2 Å². The van der Waals surface area contributed by atoms with Gasteiger partial charge >= 0.3 is 7.82 Å². The second-order valence-corrected chi connectivity index (χ2v) is 13.5. The molecule has 0 saturated heterocycles. The summed E-state index contributed by atoms with van der Waals surface area (Å²) < 4.78 is 37.3. The first-order chi connectivity index (χ1) is 23.9. The van der Waals surface area contributed by atoms with Crippen LogP contribution in [-0.2, 0) is 4.57 Å². The molecule has 0 aromatic heterocycles. The van der Waals surface area contributed by atoms with Crippen molar-refractivity contribution in [3.8, 4) is 56.4 Å². The van der Waals surface area contributed by atoms with E-state index in [2.05, 4.69) is 24.3 Å². The Hall–Kier alpha value is -5.81. The summed E-state index contributed by atoms with van der Waals surface area (Å²) in [5, 5.41) is 7.72. The lowest BCUT2D eigenvalue weighted by atomic mass is 9.86. The third-order valence-corrected chi connectivity index (χ3v) is 10.2. The van der Waals surface area contributed by atoms with E-state index in [9.17, 15) is 9.46 Å². The van der Waals surface area contributed by atoms with Gasteiger partial charge in [-0.2, -0.15) is 0 Å². The van der Waals surface area contributed by atoms with Crippen molar-refractivity contribution in [3.63, 3.8) is 0 Å². The minimum absolute atomic E-state index is 0.295. The maximum Gasteiger partial charge on any atom is 0.584 e. The highest BCUT2D eigenvalue weighted by molar-refractivity contribution is 7.48. The molecule has 1 aliphatic rings. The van der Waals surface area contributed by atoms with Crippen LogP contribution in [0, 0.1) is 0 Å². The highest BCUT2D eigenvalue weighted by Crippen LogP contribution is 2.61. The molecule has 8 aromatic carbocycles. The number of phosphoric ester groups is 1. The molecular formula is C42H29O6P. The molecule has 0 amide bonds. The number of methoxy groups -OCH3 is 2. The Balaban J connectivity index is 1.38. The van der Waals surface area contributed by atoms with E-state index in [1.165, 1.54) is 0 Å². The van der Waals surface area contributed by atoms with E-state index in [0.717, 1.165) is 65.7 Å². The Morgan fingerprint density at radius 3 is 1.35 bits per heavy atom. The zero-order chi connectivity index (χ0) is 33.3. The minimum Gasteiger partial charge on any atom is -0.497 e. The van der Waals surface area contributed by atoms with Gasteiger partial charge in [-0.25, -0.2) is 4.57 Å². The van der Waals surface area contributed by atoms with Gasteiger partial charge in [0.2, 0.25) is 0 Å². The monoisotopic (exact) mass is 660 g/mol. The molecule has 9 rings (SSSR count). The standard InChI is InChI=1S/C42H29O6P/c1-45-33-17-15-25-19-31(13-11-27(25)21-33)37-23-29-7-3-5-9-35(29)39-40-36-10-6-4-8-30(36)24-38(42(40)48-49(43,44)47-41(37)39)32-14-12-28-22-34(46-2)18-16-26(28)20-32/h3-24H,1-2H3,(H,43,44). The second kappa shape index (κ2) is 11.1. The van der Waals surface area contributed by atoms with Crippen molar-refractivity contribution in [1.82, 2.24) is 0 Å². The smallest absolute Gasteiger partial charge is 0.497 e. The lowest BCUT2D eigenvalue weighted by molar-refractivity contribution is 0.295. The number of fused-ring (bicyclic) bond motifs is 9. The first kappa shape index (κ1) is 29.3. The van der Waals surface area contributed by atoms with Crippen molar-refractivity contribution in [1.29, 1.82) is 0 Å². The molecule has 1 N–H and O–H groups in total. The van der Waals surface area contributed by atoms with Gasteiger partial charge in [0.25, 0.3) is 0 Å². The van der Waals surface area contributed by atoms with Crippen LogP contribution >= 0.6 is 7.82 Å². The number of rotatable bonds is 4. The number of hydrogen-bond acceptors (Lipinski definition) is 5. The molecule has 7 heteroatoms. The van der Waals surface area contributed by atoms with Crippen LogP contribution in [0.2, 0.25) is 0 Å². The van der Waals surface area contributed by atoms with Gasteiger partial charge in [-0.15, -0.1) is 0 Å². The minimum atomic E-state index is -4.70. The van der Waals surface area contributed by atoms with Crippen molar-refractivity contribution in [2.24, 2.45) is 0 Å². The van der Waals surface area contributed by atoms with Crippen molar-refractivity contribution in [3.05, 3.63) is 133 Å². The zero-order valence-corrected chi connectivity index (χ0v) is 27.5. The van der Waals surface area contributed by atoms with Crippen LogP contribution in [0.1, 0.15) is 0 Å². The van der Waals surface area contributed by atoms with Crippen LogP contribution in [-0.4, -0.2) is 19.1 Å². The molecule has 49 heavy (non-hydrogen) atoms. The molecule has 0 aliphatic carbocycles. The predicted octanol–water partition coefficient (Wildman–Crippen LogP) is 11.2. The molecule has 1 aliphatic heterocycles. The van der Waals surface area contributed by atoms with Gasteiger partial charge in [0, 0.05) is 22.3 Å². The Morgan fingerprint density at radius 2 is 0.898 bits per heavy atom. The molecule has 0 unspecified atom stereocenters. The summed E-state index contributed by atoms with van der Waals surface area (Å²) in [6, 6.07) is 44.2. The summed E-state index contributed by atoms with van der Waals surface area (Å²) >= 11 is 0. The molecule has 238 valence electrons. The molecule has 0 spiro atoms. The fraction of sp³-hybridized carbons (Fsp3) is 0.0476. The van der Waals surface area contributed by atoms with E-state index in [1.54, 1.807) is 14.2 Å². The molecule has 0 radical (unpaired) electrons. The van der Waals surface area contributed by atoms with E-state index in [0.29, 0.717) is 33.8 Å². The molecule has 0 atom stereocenters. The SMILES string of the molecule is COc1ccc2cc(-c3cc4ccccc4c4c3OP(=O)(O)Oc3c(-c5ccc6cc(OC)ccc6c5)cc5ccccc5c3-4)ccc2c1. The van der Waals surface area contributed by atoms with Gasteiger partial charge < -0.3 is 18.5 Å². The van der Waals surface area contributed by atoms with Crippen LogP contribution in [0.4, 0.5) is 0 Å². The fourth-order valence-electron chi connectivity index (χ4n) is 7.06. The van der Waals surface area contributed by atoms with Gasteiger partial charge in [-0.1, -0.05) is 84.9 Å². The lowest BCUT2D eigenvalue weighted by Gasteiger charge is -2.19. The maximum atomic E-state index is 14.1. The van der Waals surface area contributed by atoms with Gasteiger partial charge in [-0.05, 0) is 103 Å². The van der Waals surface area contributed by atoms with E-state index in [4.69, 9.17) is 18.5 Å². The molecule has 8 aromatic rings. The largest absolute Gasteiger partial charge is 0.584 e. The second-order valence-electron chi connectivity index (χ2n) is 12.2. The highest BCUT2D eigenvalue weighted by Gasteiger charge is 2.37. The summed E-state index contributed by atoms with van der Waals surface area (Å²) in [7, 11) is -1.40. The molecular weight excluding hydrogens is 631 g/mol. The molecule has 1 heterocycles. The predicted molar refractivity (Wildman–Crippen MR) is 197 cm³/mol. The van der Waals surface area contributed by atoms with Crippen LogP contribution < -0.4 is 18.5 Å². The van der Waals surface area contributed by atoms with Crippen LogP contribution in [0.15, 0.2) is 133 Å². The van der Waals surface area contributed by atoms with Crippen molar-refractivity contribution < 1.29 is 28.0 Å². The Kier molecular flexibility index (Phi) is 6.66. The van der Waals surface area contributed by atoms with Gasteiger partial charge in [0.15, 0.2) is 0 Å². The van der Waals surface area contributed by atoms with Gasteiger partial charge in [-0.3, -0.25) is 4.89 Å². The molecule has 0 bridgehead atoms. The first-order valence-corrected chi connectivity index (χ1v) is 17.4. The third kappa shape index (κ3) is 4.88. The van der Waals surface area contributed by atoms with Crippen LogP contribution in [0.25, 0.3) is 76.5 Å². The average molecular weight is 661 g/mol. The topological polar surface area (TPSA) is 74.2 Å². The summed E-state index contributed by atoms with van der Waals surface area (Å²) in [6.07, 6.45) is 0. The normalized spacial score (nSPS) is 13.4. The van der Waals surface area contributed by atoms with Crippen molar-refractivity contribution in [2.45, 2.75) is 0 Å². The van der Waals surface area contributed by atoms with Crippen molar-refractivity contribution >= 4 is 50.9 Å². The number of ether oxygens (including phenoxy) is 2. The van der Waals surface area contributed by atoms with E-state index in [-0.39, 0.29) is 0 Å². The summed E-state index contributed by atoms with van der Waals surface area (Å²) in [4.78, 5) is 11.5. The van der Waals surface area contributed by atoms with Crippen LogP contribution in [0.5, 0.6) is 23.0 Å². The highest BCUT2D eigenvalue weighted by atomic mass is 31.2. The number of phosphoric acid groups is 1.